The fourth-order valence-electron chi connectivity index (χ4n) is 1.77. The first-order valence-corrected chi connectivity index (χ1v) is 7.76. The van der Waals surface area contributed by atoms with Gasteiger partial charge in [-0.25, -0.2) is 13.1 Å². The van der Waals surface area contributed by atoms with Gasteiger partial charge in [0.05, 0.1) is 16.3 Å². The predicted molar refractivity (Wildman–Crippen MR) is 72.7 cm³/mol. The Bertz CT molecular complexity index is 882. The van der Waals surface area contributed by atoms with Gasteiger partial charge in [-0.2, -0.15) is 10.4 Å². The Labute approximate surface area is 123 Å². The molecule has 0 N–H and O–H groups in total. The number of non-ortho nitro benzene ring substituents is 1. The number of aryl methyl sites for hydroxylation is 1. The van der Waals surface area contributed by atoms with Crippen molar-refractivity contribution in [1.82, 2.24) is 9.78 Å². The molecule has 0 aliphatic carbocycles. The molecule has 0 bridgehead atoms. The van der Waals surface area contributed by atoms with E-state index < -0.39 is 19.0 Å². The first-order chi connectivity index (χ1) is 9.75. The van der Waals surface area contributed by atoms with Gasteiger partial charge in [-0.15, -0.1) is 0 Å². The van der Waals surface area contributed by atoms with Gasteiger partial charge in [-0.05, 0) is 13.0 Å². The van der Waals surface area contributed by atoms with Crippen LogP contribution in [-0.2, 0) is 9.05 Å². The molecule has 0 unspecified atom stereocenters. The highest BCUT2D eigenvalue weighted by Crippen LogP contribution is 2.27. The van der Waals surface area contributed by atoms with Gasteiger partial charge in [-0.3, -0.25) is 10.1 Å². The molecule has 0 saturated heterocycles. The first kappa shape index (κ1) is 15.0. The number of benzene rings is 1. The van der Waals surface area contributed by atoms with E-state index in [0.29, 0.717) is 0 Å². The van der Waals surface area contributed by atoms with E-state index in [1.54, 1.807) is 6.07 Å². The minimum Gasteiger partial charge on any atom is -0.258 e. The van der Waals surface area contributed by atoms with Crippen molar-refractivity contribution in [1.29, 1.82) is 5.26 Å². The molecule has 1 aromatic carbocycles. The minimum absolute atomic E-state index is 0.119. The molecule has 0 amide bonds. The zero-order chi connectivity index (χ0) is 15.8. The molecule has 21 heavy (non-hydrogen) atoms. The number of hydrogen-bond donors (Lipinski definition) is 0. The topological polar surface area (TPSA) is 119 Å². The maximum atomic E-state index is 11.7. The highest BCUT2D eigenvalue weighted by atomic mass is 35.7. The summed E-state index contributed by atoms with van der Waals surface area (Å²) in [5.74, 6) is 0. The largest absolute Gasteiger partial charge is 0.280 e. The summed E-state index contributed by atoms with van der Waals surface area (Å²) in [6.07, 6.45) is 0. The number of nitro benzene ring substituents is 1. The standard InChI is InChI=1S/C11H7ClN4O4S/c1-7-10(6-13)11(21(12,19)20)15(14-7)8-3-2-4-9(5-8)16(17)18/h2-5H,1H3. The van der Waals surface area contributed by atoms with Crippen molar-refractivity contribution in [3.05, 3.63) is 45.6 Å². The van der Waals surface area contributed by atoms with E-state index in [-0.39, 0.29) is 22.6 Å². The average molecular weight is 327 g/mol. The molecule has 0 spiro atoms. The third-order valence-electron chi connectivity index (χ3n) is 2.65. The summed E-state index contributed by atoms with van der Waals surface area (Å²) < 4.78 is 24.2. The molecular weight excluding hydrogens is 320 g/mol. The molecule has 0 radical (unpaired) electrons. The molecule has 0 atom stereocenters. The van der Waals surface area contributed by atoms with Crippen LogP contribution in [0.3, 0.4) is 0 Å². The van der Waals surface area contributed by atoms with E-state index in [0.717, 1.165) is 10.7 Å². The van der Waals surface area contributed by atoms with Crippen molar-refractivity contribution in [2.75, 3.05) is 0 Å². The molecule has 0 fully saturated rings. The third kappa shape index (κ3) is 2.72. The molecule has 2 aromatic rings. The minimum atomic E-state index is -4.26. The van der Waals surface area contributed by atoms with Gasteiger partial charge in [-0.1, -0.05) is 6.07 Å². The molecular formula is C11H7ClN4O4S. The van der Waals surface area contributed by atoms with E-state index in [1.807, 2.05) is 0 Å². The molecule has 2 rings (SSSR count). The molecule has 108 valence electrons. The van der Waals surface area contributed by atoms with Gasteiger partial charge >= 0.3 is 0 Å². The van der Waals surface area contributed by atoms with Crippen molar-refractivity contribution in [3.8, 4) is 11.8 Å². The van der Waals surface area contributed by atoms with Gasteiger partial charge in [0.25, 0.3) is 14.7 Å². The molecule has 0 saturated carbocycles. The maximum absolute atomic E-state index is 11.7. The first-order valence-electron chi connectivity index (χ1n) is 5.45. The second-order valence-corrected chi connectivity index (χ2v) is 6.49. The Balaban J connectivity index is 2.80. The van der Waals surface area contributed by atoms with E-state index in [2.05, 4.69) is 5.10 Å². The van der Waals surface area contributed by atoms with E-state index in [4.69, 9.17) is 15.9 Å². The second kappa shape index (κ2) is 5.16. The number of aromatic nitrogens is 2. The number of nitriles is 1. The molecule has 8 nitrogen and oxygen atoms in total. The monoisotopic (exact) mass is 326 g/mol. The quantitative estimate of drug-likeness (QED) is 0.482. The van der Waals surface area contributed by atoms with Gasteiger partial charge < -0.3 is 0 Å². The Kier molecular flexibility index (Phi) is 3.67. The molecule has 1 heterocycles. The van der Waals surface area contributed by atoms with Crippen LogP contribution in [0.25, 0.3) is 5.69 Å². The maximum Gasteiger partial charge on any atom is 0.280 e. The summed E-state index contributed by atoms with van der Waals surface area (Å²) in [5, 5.41) is 23.2. The summed E-state index contributed by atoms with van der Waals surface area (Å²) in [6, 6.07) is 6.90. The van der Waals surface area contributed by atoms with E-state index in [9.17, 15) is 18.5 Å². The van der Waals surface area contributed by atoms with Crippen LogP contribution in [0, 0.1) is 28.4 Å². The third-order valence-corrected chi connectivity index (χ3v) is 3.92. The van der Waals surface area contributed by atoms with Crippen molar-refractivity contribution in [2.24, 2.45) is 0 Å². The highest BCUT2D eigenvalue weighted by Gasteiger charge is 2.27. The van der Waals surface area contributed by atoms with Crippen molar-refractivity contribution in [2.45, 2.75) is 11.9 Å². The number of halogens is 1. The van der Waals surface area contributed by atoms with E-state index >= 15 is 0 Å². The smallest absolute Gasteiger partial charge is 0.258 e. The lowest BCUT2D eigenvalue weighted by Gasteiger charge is -2.04. The van der Waals surface area contributed by atoms with Gasteiger partial charge in [0.15, 0.2) is 5.03 Å². The zero-order valence-corrected chi connectivity index (χ0v) is 12.1. The van der Waals surface area contributed by atoms with Crippen LogP contribution in [0.5, 0.6) is 0 Å². The number of rotatable bonds is 3. The summed E-state index contributed by atoms with van der Waals surface area (Å²) in [7, 11) is 1.08. The van der Waals surface area contributed by atoms with Crippen LogP contribution in [0.1, 0.15) is 11.3 Å². The van der Waals surface area contributed by atoms with Crippen molar-refractivity contribution in [3.63, 3.8) is 0 Å². The average Bonchev–Trinajstić information content (AvgIpc) is 2.75. The predicted octanol–water partition coefficient (Wildman–Crippen LogP) is 1.89. The fourth-order valence-corrected chi connectivity index (χ4v) is 2.99. The molecule has 0 aliphatic rings. The van der Waals surface area contributed by atoms with Crippen LogP contribution in [0.15, 0.2) is 29.3 Å². The van der Waals surface area contributed by atoms with Crippen LogP contribution in [-0.4, -0.2) is 23.1 Å². The second-order valence-electron chi connectivity index (χ2n) is 4.00. The SMILES string of the molecule is Cc1nn(-c2cccc([N+](=O)[O-])c2)c(S(=O)(=O)Cl)c1C#N. The van der Waals surface area contributed by atoms with Crippen LogP contribution in [0.4, 0.5) is 5.69 Å². The fraction of sp³-hybridized carbons (Fsp3) is 0.0909. The zero-order valence-electron chi connectivity index (χ0n) is 10.5. The van der Waals surface area contributed by atoms with Gasteiger partial charge in [0, 0.05) is 22.8 Å². The summed E-state index contributed by atoms with van der Waals surface area (Å²) in [4.78, 5) is 10.1. The Morgan fingerprint density at radius 1 is 1.48 bits per heavy atom. The van der Waals surface area contributed by atoms with Gasteiger partial charge in [0.2, 0.25) is 0 Å². The molecule has 10 heteroatoms. The number of nitrogens with zero attached hydrogens (tertiary/aromatic N) is 4. The summed E-state index contributed by atoms with van der Waals surface area (Å²) in [6.45, 7) is 1.44. The lowest BCUT2D eigenvalue weighted by molar-refractivity contribution is -0.384. The van der Waals surface area contributed by atoms with E-state index in [1.165, 1.54) is 25.1 Å². The summed E-state index contributed by atoms with van der Waals surface area (Å²) >= 11 is 0. The lowest BCUT2D eigenvalue weighted by Crippen LogP contribution is -2.06. The van der Waals surface area contributed by atoms with Gasteiger partial charge in [0.1, 0.15) is 11.6 Å². The lowest BCUT2D eigenvalue weighted by atomic mass is 10.3. The van der Waals surface area contributed by atoms with Crippen molar-refractivity contribution < 1.29 is 13.3 Å². The Morgan fingerprint density at radius 2 is 2.14 bits per heavy atom. The summed E-state index contributed by atoms with van der Waals surface area (Å²) in [5.41, 5.74) is -0.162. The molecule has 0 aliphatic heterocycles. The van der Waals surface area contributed by atoms with Crippen molar-refractivity contribution >= 4 is 25.4 Å². The highest BCUT2D eigenvalue weighted by molar-refractivity contribution is 8.13. The molecule has 1 aromatic heterocycles. The normalized spacial score (nSPS) is 11.1. The number of nitro groups is 1. The van der Waals surface area contributed by atoms with Crippen LogP contribution in [0.2, 0.25) is 0 Å². The Hall–Kier alpha value is -2.44. The van der Waals surface area contributed by atoms with Crippen LogP contribution < -0.4 is 0 Å². The van der Waals surface area contributed by atoms with Crippen LogP contribution >= 0.6 is 10.7 Å². The number of hydrogen-bond acceptors (Lipinski definition) is 6. The Morgan fingerprint density at radius 3 is 2.67 bits per heavy atom.